The molecule has 29 heavy (non-hydrogen) atoms. The Morgan fingerprint density at radius 3 is 2.41 bits per heavy atom. The Hall–Kier alpha value is -2.83. The quantitative estimate of drug-likeness (QED) is 0.485. The number of nitrogens with zero attached hydrogens (tertiary/aromatic N) is 4. The topological polar surface area (TPSA) is 61.8 Å². The van der Waals surface area contributed by atoms with Crippen LogP contribution in [-0.2, 0) is 19.6 Å². The molecular weight excluding hydrogens is 411 g/mol. The van der Waals surface area contributed by atoms with Crippen molar-refractivity contribution in [3.05, 3.63) is 96.9 Å². The molecule has 2 aromatic heterocycles. The number of benzene rings is 2. The van der Waals surface area contributed by atoms with Crippen LogP contribution >= 0.6 is 23.2 Å². The summed E-state index contributed by atoms with van der Waals surface area (Å²) in [5.74, 6) is 0. The Morgan fingerprint density at radius 1 is 0.966 bits per heavy atom. The molecule has 0 fully saturated rings. The molecule has 4 aromatic rings. The van der Waals surface area contributed by atoms with Crippen LogP contribution in [-0.4, -0.2) is 18.7 Å². The van der Waals surface area contributed by atoms with Crippen molar-refractivity contribution in [1.82, 2.24) is 18.7 Å². The number of halogens is 2. The van der Waals surface area contributed by atoms with Gasteiger partial charge in [0.1, 0.15) is 0 Å². The third-order valence-corrected chi connectivity index (χ3v) is 5.44. The number of fused-ring (bicyclic) bond motifs is 1. The molecule has 2 heterocycles. The van der Waals surface area contributed by atoms with Crippen LogP contribution in [0, 0.1) is 0 Å². The second kappa shape index (κ2) is 7.89. The lowest BCUT2D eigenvalue weighted by molar-refractivity contribution is 0.628. The van der Waals surface area contributed by atoms with Crippen LogP contribution < -0.4 is 11.2 Å². The molecule has 148 valence electrons. The standard InChI is InChI=1S/C21H18Cl2N4O2/c1-2-25-13-24-19-18(25)20(28)27(12-15-8-9-16(22)10-17(15)23)21(29)26(19)11-14-6-4-3-5-7-14/h3-10,13H,2,11-12H2,1H3. The minimum absolute atomic E-state index is 0.0489. The third-order valence-electron chi connectivity index (χ3n) is 4.85. The van der Waals surface area contributed by atoms with Crippen molar-refractivity contribution >= 4 is 34.4 Å². The second-order valence-electron chi connectivity index (χ2n) is 6.68. The van der Waals surface area contributed by atoms with E-state index in [1.54, 1.807) is 29.1 Å². The zero-order valence-electron chi connectivity index (χ0n) is 15.7. The Morgan fingerprint density at radius 2 is 1.72 bits per heavy atom. The van der Waals surface area contributed by atoms with E-state index in [0.29, 0.717) is 39.9 Å². The molecule has 0 radical (unpaired) electrons. The lowest BCUT2D eigenvalue weighted by atomic mass is 10.2. The Balaban J connectivity index is 1.94. The number of hydrogen-bond donors (Lipinski definition) is 0. The predicted octanol–water partition coefficient (Wildman–Crippen LogP) is 3.78. The van der Waals surface area contributed by atoms with Gasteiger partial charge in [-0.1, -0.05) is 59.6 Å². The number of aryl methyl sites for hydroxylation is 1. The highest BCUT2D eigenvalue weighted by Crippen LogP contribution is 2.21. The molecule has 0 spiro atoms. The van der Waals surface area contributed by atoms with E-state index in [1.165, 1.54) is 9.13 Å². The summed E-state index contributed by atoms with van der Waals surface area (Å²) in [5.41, 5.74) is 1.54. The van der Waals surface area contributed by atoms with Gasteiger partial charge < -0.3 is 4.57 Å². The molecule has 0 atom stereocenters. The van der Waals surface area contributed by atoms with E-state index in [-0.39, 0.29) is 12.1 Å². The van der Waals surface area contributed by atoms with Crippen molar-refractivity contribution in [2.75, 3.05) is 0 Å². The van der Waals surface area contributed by atoms with E-state index in [1.807, 2.05) is 37.3 Å². The summed E-state index contributed by atoms with van der Waals surface area (Å²) in [6, 6.07) is 14.6. The first-order valence-corrected chi connectivity index (χ1v) is 9.91. The van der Waals surface area contributed by atoms with Crippen molar-refractivity contribution in [2.24, 2.45) is 0 Å². The summed E-state index contributed by atoms with van der Waals surface area (Å²) in [6.07, 6.45) is 1.59. The Kier molecular flexibility index (Phi) is 5.30. The van der Waals surface area contributed by atoms with Crippen molar-refractivity contribution < 1.29 is 0 Å². The maximum absolute atomic E-state index is 13.3. The highest BCUT2D eigenvalue weighted by atomic mass is 35.5. The molecule has 0 bridgehead atoms. The maximum Gasteiger partial charge on any atom is 0.333 e. The van der Waals surface area contributed by atoms with Crippen LogP contribution in [0.1, 0.15) is 18.1 Å². The third kappa shape index (κ3) is 3.61. The van der Waals surface area contributed by atoms with Crippen molar-refractivity contribution in [1.29, 1.82) is 0 Å². The van der Waals surface area contributed by atoms with Gasteiger partial charge in [-0.3, -0.25) is 13.9 Å². The molecule has 0 aliphatic carbocycles. The van der Waals surface area contributed by atoms with Crippen LogP contribution in [0.5, 0.6) is 0 Å². The summed E-state index contributed by atoms with van der Waals surface area (Å²) in [7, 11) is 0. The SMILES string of the molecule is CCn1cnc2c1c(=O)n(Cc1ccc(Cl)cc1Cl)c(=O)n2Cc1ccccc1. The molecule has 0 N–H and O–H groups in total. The monoisotopic (exact) mass is 428 g/mol. The molecule has 0 saturated heterocycles. The largest absolute Gasteiger partial charge is 0.333 e. The van der Waals surface area contributed by atoms with Gasteiger partial charge in [0, 0.05) is 16.6 Å². The van der Waals surface area contributed by atoms with Crippen LogP contribution in [0.3, 0.4) is 0 Å². The minimum atomic E-state index is -0.432. The van der Waals surface area contributed by atoms with Gasteiger partial charge in [0.15, 0.2) is 11.2 Å². The van der Waals surface area contributed by atoms with E-state index in [2.05, 4.69) is 4.98 Å². The van der Waals surface area contributed by atoms with Crippen molar-refractivity contribution in [3.8, 4) is 0 Å². The molecule has 0 unspecified atom stereocenters. The van der Waals surface area contributed by atoms with Gasteiger partial charge in [0.2, 0.25) is 0 Å². The van der Waals surface area contributed by atoms with Gasteiger partial charge in [-0.05, 0) is 30.2 Å². The van der Waals surface area contributed by atoms with E-state index >= 15 is 0 Å². The average molecular weight is 429 g/mol. The summed E-state index contributed by atoms with van der Waals surface area (Å²) in [6.45, 7) is 2.85. The first-order valence-electron chi connectivity index (χ1n) is 9.16. The fourth-order valence-corrected chi connectivity index (χ4v) is 3.81. The minimum Gasteiger partial charge on any atom is -0.325 e. The summed E-state index contributed by atoms with van der Waals surface area (Å²) in [5, 5.41) is 0.898. The first-order chi connectivity index (χ1) is 14.0. The first kappa shape index (κ1) is 19.5. The van der Waals surface area contributed by atoms with Gasteiger partial charge >= 0.3 is 5.69 Å². The zero-order chi connectivity index (χ0) is 20.5. The van der Waals surface area contributed by atoms with Gasteiger partial charge in [0.05, 0.1) is 19.4 Å². The highest BCUT2D eigenvalue weighted by Gasteiger charge is 2.18. The second-order valence-corrected chi connectivity index (χ2v) is 7.53. The molecule has 2 aromatic carbocycles. The molecule has 4 rings (SSSR count). The van der Waals surface area contributed by atoms with Crippen LogP contribution in [0.2, 0.25) is 10.0 Å². The Bertz CT molecular complexity index is 1310. The number of rotatable bonds is 5. The summed E-state index contributed by atoms with van der Waals surface area (Å²) >= 11 is 12.3. The lowest BCUT2D eigenvalue weighted by Crippen LogP contribution is -2.41. The molecular formula is C21H18Cl2N4O2. The van der Waals surface area contributed by atoms with E-state index < -0.39 is 5.69 Å². The molecule has 0 aliphatic heterocycles. The smallest absolute Gasteiger partial charge is 0.325 e. The fourth-order valence-electron chi connectivity index (χ4n) is 3.35. The van der Waals surface area contributed by atoms with Gasteiger partial charge in [-0.15, -0.1) is 0 Å². The lowest BCUT2D eigenvalue weighted by Gasteiger charge is -2.13. The maximum atomic E-state index is 13.3. The predicted molar refractivity (Wildman–Crippen MR) is 115 cm³/mol. The fraction of sp³-hybridized carbons (Fsp3) is 0.190. The molecule has 8 heteroatoms. The van der Waals surface area contributed by atoms with Gasteiger partial charge in [-0.2, -0.15) is 0 Å². The Labute approximate surface area is 176 Å². The van der Waals surface area contributed by atoms with E-state index in [0.717, 1.165) is 5.56 Å². The van der Waals surface area contributed by atoms with Crippen molar-refractivity contribution in [2.45, 2.75) is 26.6 Å². The molecule has 0 saturated carbocycles. The van der Waals surface area contributed by atoms with Gasteiger partial charge in [-0.25, -0.2) is 9.78 Å². The van der Waals surface area contributed by atoms with Crippen LogP contribution in [0.4, 0.5) is 0 Å². The molecule has 6 nitrogen and oxygen atoms in total. The van der Waals surface area contributed by atoms with Crippen LogP contribution in [0.25, 0.3) is 11.2 Å². The van der Waals surface area contributed by atoms with E-state index in [9.17, 15) is 9.59 Å². The van der Waals surface area contributed by atoms with Gasteiger partial charge in [0.25, 0.3) is 5.56 Å². The normalized spacial score (nSPS) is 11.3. The summed E-state index contributed by atoms with van der Waals surface area (Å²) < 4.78 is 4.48. The average Bonchev–Trinajstić information content (AvgIpc) is 3.15. The van der Waals surface area contributed by atoms with Crippen molar-refractivity contribution in [3.63, 3.8) is 0 Å². The number of aromatic nitrogens is 4. The van der Waals surface area contributed by atoms with Crippen LogP contribution in [0.15, 0.2) is 64.4 Å². The highest BCUT2D eigenvalue weighted by molar-refractivity contribution is 6.35. The zero-order valence-corrected chi connectivity index (χ0v) is 17.2. The number of imidazole rings is 1. The summed E-state index contributed by atoms with van der Waals surface area (Å²) in [4.78, 5) is 30.8. The number of hydrogen-bond acceptors (Lipinski definition) is 3. The molecule has 0 amide bonds. The van der Waals surface area contributed by atoms with E-state index in [4.69, 9.17) is 23.2 Å². The molecule has 0 aliphatic rings.